The van der Waals surface area contributed by atoms with Crippen LogP contribution in [0.15, 0.2) is 18.3 Å². The van der Waals surface area contributed by atoms with E-state index in [0.717, 1.165) is 25.3 Å². The average Bonchev–Trinajstić information content (AvgIpc) is 2.33. The molecule has 17 heavy (non-hydrogen) atoms. The van der Waals surface area contributed by atoms with Crippen molar-refractivity contribution in [1.82, 2.24) is 9.88 Å². The molecule has 1 saturated heterocycles. The molecule has 1 aromatic rings. The van der Waals surface area contributed by atoms with Gasteiger partial charge in [0.25, 0.3) is 0 Å². The normalized spacial score (nSPS) is 20.6. The highest BCUT2D eigenvalue weighted by atomic mass is 15.3. The maximum absolute atomic E-state index is 5.56. The molecule has 1 aromatic heterocycles. The Kier molecular flexibility index (Phi) is 3.35. The molecule has 0 saturated carbocycles. The van der Waals surface area contributed by atoms with Gasteiger partial charge in [-0.2, -0.15) is 0 Å². The first-order chi connectivity index (χ1) is 8.03. The molecule has 0 aromatic carbocycles. The second-order valence-electron chi connectivity index (χ2n) is 5.37. The van der Waals surface area contributed by atoms with Gasteiger partial charge in [0.15, 0.2) is 0 Å². The van der Waals surface area contributed by atoms with Crippen molar-refractivity contribution >= 4 is 5.69 Å². The Morgan fingerprint density at radius 3 is 2.65 bits per heavy atom. The molecule has 2 heterocycles. The van der Waals surface area contributed by atoms with Crippen molar-refractivity contribution in [3.8, 4) is 0 Å². The Hall–Kier alpha value is -1.13. The van der Waals surface area contributed by atoms with Gasteiger partial charge in [-0.25, -0.2) is 0 Å². The van der Waals surface area contributed by atoms with E-state index in [-0.39, 0.29) is 5.54 Å². The first kappa shape index (κ1) is 12.3. The van der Waals surface area contributed by atoms with Gasteiger partial charge in [-0.05, 0) is 33.0 Å². The average molecular weight is 234 g/mol. The van der Waals surface area contributed by atoms with E-state index < -0.39 is 0 Å². The maximum atomic E-state index is 5.56. The summed E-state index contributed by atoms with van der Waals surface area (Å²) in [6.07, 6.45) is 1.93. The van der Waals surface area contributed by atoms with E-state index >= 15 is 0 Å². The van der Waals surface area contributed by atoms with Crippen LogP contribution in [0.5, 0.6) is 0 Å². The fraction of sp³-hybridized carbons (Fsp3) is 0.615. The molecule has 0 bridgehead atoms. The van der Waals surface area contributed by atoms with Gasteiger partial charge in [-0.15, -0.1) is 0 Å². The van der Waals surface area contributed by atoms with Crippen LogP contribution >= 0.6 is 0 Å². The summed E-state index contributed by atoms with van der Waals surface area (Å²) in [5, 5.41) is 0. The van der Waals surface area contributed by atoms with Crippen LogP contribution in [0.4, 0.5) is 5.69 Å². The summed E-state index contributed by atoms with van der Waals surface area (Å²) in [6.45, 7) is 8.25. The van der Waals surface area contributed by atoms with Crippen LogP contribution in [0.3, 0.4) is 0 Å². The Morgan fingerprint density at radius 1 is 1.35 bits per heavy atom. The van der Waals surface area contributed by atoms with Crippen LogP contribution in [-0.2, 0) is 6.54 Å². The Bertz CT molecular complexity index is 372. The maximum Gasteiger partial charge on any atom is 0.0554 e. The molecule has 4 heteroatoms. The van der Waals surface area contributed by atoms with Gasteiger partial charge in [0.05, 0.1) is 17.6 Å². The molecule has 2 N–H and O–H groups in total. The van der Waals surface area contributed by atoms with Crippen molar-refractivity contribution in [3.63, 3.8) is 0 Å². The third-order valence-corrected chi connectivity index (χ3v) is 3.70. The largest absolute Gasteiger partial charge is 0.367 e. The quantitative estimate of drug-likeness (QED) is 0.831. The molecule has 94 valence electrons. The van der Waals surface area contributed by atoms with Gasteiger partial charge < -0.3 is 10.6 Å². The first-order valence-corrected chi connectivity index (χ1v) is 6.14. The van der Waals surface area contributed by atoms with Crippen molar-refractivity contribution < 1.29 is 0 Å². The lowest BCUT2D eigenvalue weighted by atomic mass is 9.99. The monoisotopic (exact) mass is 234 g/mol. The number of piperazine rings is 1. The lowest BCUT2D eigenvalue weighted by molar-refractivity contribution is 0.139. The third-order valence-electron chi connectivity index (χ3n) is 3.70. The van der Waals surface area contributed by atoms with Crippen LogP contribution < -0.4 is 10.6 Å². The lowest BCUT2D eigenvalue weighted by Gasteiger charge is -2.46. The molecule has 0 unspecified atom stereocenters. The van der Waals surface area contributed by atoms with Crippen LogP contribution in [-0.4, -0.2) is 42.1 Å². The summed E-state index contributed by atoms with van der Waals surface area (Å²) in [7, 11) is 2.19. The molecule has 2 rings (SSSR count). The highest BCUT2D eigenvalue weighted by Gasteiger charge is 2.31. The fourth-order valence-electron chi connectivity index (χ4n) is 2.19. The molecule has 1 aliphatic heterocycles. The predicted molar refractivity (Wildman–Crippen MR) is 71.1 cm³/mol. The van der Waals surface area contributed by atoms with E-state index in [0.29, 0.717) is 6.54 Å². The topological polar surface area (TPSA) is 45.4 Å². The van der Waals surface area contributed by atoms with Crippen molar-refractivity contribution in [2.75, 3.05) is 31.6 Å². The summed E-state index contributed by atoms with van der Waals surface area (Å²) in [6, 6.07) is 4.14. The second-order valence-corrected chi connectivity index (χ2v) is 5.37. The van der Waals surface area contributed by atoms with Gasteiger partial charge >= 0.3 is 0 Å². The summed E-state index contributed by atoms with van der Waals surface area (Å²) in [5.41, 5.74) is 7.91. The van der Waals surface area contributed by atoms with Gasteiger partial charge in [-0.3, -0.25) is 9.88 Å². The van der Waals surface area contributed by atoms with Gasteiger partial charge in [0.1, 0.15) is 0 Å². The number of rotatable bonds is 2. The number of nitrogens with two attached hydrogens (primary N) is 1. The van der Waals surface area contributed by atoms with E-state index in [2.05, 4.69) is 41.7 Å². The molecule has 0 aliphatic carbocycles. The van der Waals surface area contributed by atoms with E-state index in [1.165, 1.54) is 5.69 Å². The molecule has 1 fully saturated rings. The zero-order valence-corrected chi connectivity index (χ0v) is 11.0. The van der Waals surface area contributed by atoms with Crippen LogP contribution in [0.25, 0.3) is 0 Å². The summed E-state index contributed by atoms with van der Waals surface area (Å²) in [4.78, 5) is 9.16. The first-order valence-electron chi connectivity index (χ1n) is 6.14. The summed E-state index contributed by atoms with van der Waals surface area (Å²) >= 11 is 0. The van der Waals surface area contributed by atoms with Gasteiger partial charge in [0, 0.05) is 31.7 Å². The number of nitrogens with zero attached hydrogens (tertiary/aromatic N) is 3. The lowest BCUT2D eigenvalue weighted by Crippen LogP contribution is -2.57. The number of hydrogen-bond donors (Lipinski definition) is 1. The van der Waals surface area contributed by atoms with Gasteiger partial charge in [-0.1, -0.05) is 0 Å². The highest BCUT2D eigenvalue weighted by Crippen LogP contribution is 2.23. The third kappa shape index (κ3) is 2.58. The number of anilines is 1. The van der Waals surface area contributed by atoms with Crippen LogP contribution in [0.1, 0.15) is 19.5 Å². The number of pyridine rings is 1. The Balaban J connectivity index is 2.12. The molecule has 0 amide bonds. The van der Waals surface area contributed by atoms with Gasteiger partial charge in [0.2, 0.25) is 0 Å². The van der Waals surface area contributed by atoms with E-state index in [1.54, 1.807) is 0 Å². The molecule has 4 nitrogen and oxygen atoms in total. The standard InChI is InChI=1S/C13H22N4/c1-13(2)10-17(7-6-16(13)3)12-5-4-11(8-14)15-9-12/h4-5,9H,6-8,10,14H2,1-3H3. The molecule has 1 aliphatic rings. The van der Waals surface area contributed by atoms with Crippen molar-refractivity contribution in [2.45, 2.75) is 25.9 Å². The molecular formula is C13H22N4. The number of hydrogen-bond acceptors (Lipinski definition) is 4. The Labute approximate surface area is 103 Å². The molecule has 0 atom stereocenters. The summed E-state index contributed by atoms with van der Waals surface area (Å²) in [5.74, 6) is 0. The minimum atomic E-state index is 0.213. The molecule has 0 spiro atoms. The summed E-state index contributed by atoms with van der Waals surface area (Å²) < 4.78 is 0. The van der Waals surface area contributed by atoms with Crippen molar-refractivity contribution in [1.29, 1.82) is 0 Å². The number of aromatic nitrogens is 1. The number of likely N-dealkylation sites (N-methyl/N-ethyl adjacent to an activating group) is 1. The van der Waals surface area contributed by atoms with Crippen LogP contribution in [0, 0.1) is 0 Å². The molecular weight excluding hydrogens is 212 g/mol. The van der Waals surface area contributed by atoms with Crippen molar-refractivity contribution in [2.24, 2.45) is 5.73 Å². The minimum Gasteiger partial charge on any atom is -0.367 e. The minimum absolute atomic E-state index is 0.213. The zero-order chi connectivity index (χ0) is 12.5. The van der Waals surface area contributed by atoms with Crippen molar-refractivity contribution in [3.05, 3.63) is 24.0 Å². The highest BCUT2D eigenvalue weighted by molar-refractivity contribution is 5.45. The van der Waals surface area contributed by atoms with E-state index in [9.17, 15) is 0 Å². The SMILES string of the molecule is CN1CCN(c2ccc(CN)nc2)CC1(C)C. The smallest absolute Gasteiger partial charge is 0.0554 e. The zero-order valence-electron chi connectivity index (χ0n) is 11.0. The Morgan fingerprint density at radius 2 is 2.12 bits per heavy atom. The molecule has 0 radical (unpaired) electrons. The fourth-order valence-corrected chi connectivity index (χ4v) is 2.19. The predicted octanol–water partition coefficient (Wildman–Crippen LogP) is 1.07. The second kappa shape index (κ2) is 4.63. The van der Waals surface area contributed by atoms with E-state index in [4.69, 9.17) is 5.73 Å². The van der Waals surface area contributed by atoms with Crippen LogP contribution in [0.2, 0.25) is 0 Å². The van der Waals surface area contributed by atoms with E-state index in [1.807, 2.05) is 12.3 Å².